The highest BCUT2D eigenvalue weighted by Crippen LogP contribution is 2.14. The molecule has 0 aliphatic heterocycles. The molecule has 0 bridgehead atoms. The Kier molecular flexibility index (Phi) is 3.85. The number of hydrogen-bond acceptors (Lipinski definition) is 5. The molecule has 0 spiro atoms. The highest BCUT2D eigenvalue weighted by molar-refractivity contribution is 5.27. The molecule has 1 heterocycles. The molecule has 5 nitrogen and oxygen atoms in total. The van der Waals surface area contributed by atoms with Crippen molar-refractivity contribution in [3.63, 3.8) is 0 Å². The zero-order chi connectivity index (χ0) is 11.3. The molecule has 1 rings (SSSR count). The Morgan fingerprint density at radius 2 is 2.27 bits per heavy atom. The van der Waals surface area contributed by atoms with Crippen LogP contribution in [0.3, 0.4) is 0 Å². The Bertz CT molecular complexity index is 314. The summed E-state index contributed by atoms with van der Waals surface area (Å²) in [6.45, 7) is 5.51. The summed E-state index contributed by atoms with van der Waals surface area (Å²) in [5, 5.41) is 3.13. The van der Waals surface area contributed by atoms with Gasteiger partial charge in [0.1, 0.15) is 0 Å². The third-order valence-corrected chi connectivity index (χ3v) is 2.12. The van der Waals surface area contributed by atoms with Gasteiger partial charge in [-0.25, -0.2) is 4.98 Å². The summed E-state index contributed by atoms with van der Waals surface area (Å²) in [5.74, 6) is 1.12. The number of nitrogens with one attached hydrogen (secondary N) is 1. The molecule has 0 aliphatic rings. The SMILES string of the molecule is COc1ccnc(NCC(C)(C)CN)n1. The zero-order valence-corrected chi connectivity index (χ0v) is 9.45. The lowest BCUT2D eigenvalue weighted by molar-refractivity contribution is 0.393. The van der Waals surface area contributed by atoms with E-state index in [0.29, 0.717) is 18.4 Å². The molecule has 5 heteroatoms. The maximum atomic E-state index is 5.62. The molecule has 0 amide bonds. The molecule has 0 aromatic carbocycles. The van der Waals surface area contributed by atoms with Crippen LogP contribution >= 0.6 is 0 Å². The largest absolute Gasteiger partial charge is 0.481 e. The standard InChI is InChI=1S/C10H18N4O/c1-10(2,6-11)7-13-9-12-5-4-8(14-9)15-3/h4-5H,6-7,11H2,1-3H3,(H,12,13,14). The van der Waals surface area contributed by atoms with Gasteiger partial charge in [0.15, 0.2) is 0 Å². The first-order chi connectivity index (χ1) is 7.07. The Labute approximate surface area is 90.1 Å². The second kappa shape index (κ2) is 4.93. The number of hydrogen-bond donors (Lipinski definition) is 2. The summed E-state index contributed by atoms with van der Waals surface area (Å²) in [4.78, 5) is 8.23. The van der Waals surface area contributed by atoms with Gasteiger partial charge in [0.05, 0.1) is 7.11 Å². The molecule has 0 saturated heterocycles. The van der Waals surface area contributed by atoms with Gasteiger partial charge >= 0.3 is 0 Å². The summed E-state index contributed by atoms with van der Waals surface area (Å²) < 4.78 is 5.00. The maximum absolute atomic E-state index is 5.62. The highest BCUT2D eigenvalue weighted by Gasteiger charge is 2.15. The van der Waals surface area contributed by atoms with Crippen LogP contribution in [0, 0.1) is 5.41 Å². The van der Waals surface area contributed by atoms with Crippen molar-refractivity contribution in [1.82, 2.24) is 9.97 Å². The minimum absolute atomic E-state index is 0.0342. The molecule has 0 radical (unpaired) electrons. The van der Waals surface area contributed by atoms with E-state index in [1.165, 1.54) is 0 Å². The van der Waals surface area contributed by atoms with Gasteiger partial charge in [0.2, 0.25) is 11.8 Å². The lowest BCUT2D eigenvalue weighted by Crippen LogP contribution is -2.31. The lowest BCUT2D eigenvalue weighted by Gasteiger charge is -2.22. The molecule has 3 N–H and O–H groups in total. The number of anilines is 1. The van der Waals surface area contributed by atoms with Gasteiger partial charge in [-0.15, -0.1) is 0 Å². The lowest BCUT2D eigenvalue weighted by atomic mass is 9.94. The summed E-state index contributed by atoms with van der Waals surface area (Å²) in [6.07, 6.45) is 1.66. The van der Waals surface area contributed by atoms with Crippen LogP contribution in [0.5, 0.6) is 5.88 Å². The zero-order valence-electron chi connectivity index (χ0n) is 9.45. The van der Waals surface area contributed by atoms with E-state index < -0.39 is 0 Å². The fourth-order valence-electron chi connectivity index (χ4n) is 0.932. The summed E-state index contributed by atoms with van der Waals surface area (Å²) in [5.41, 5.74) is 5.66. The van der Waals surface area contributed by atoms with E-state index in [0.717, 1.165) is 6.54 Å². The summed E-state index contributed by atoms with van der Waals surface area (Å²) >= 11 is 0. The van der Waals surface area contributed by atoms with Crippen LogP contribution in [0.1, 0.15) is 13.8 Å². The number of aromatic nitrogens is 2. The molecular formula is C10H18N4O. The predicted octanol–water partition coefficient (Wildman–Crippen LogP) is 0.882. The van der Waals surface area contributed by atoms with Gasteiger partial charge in [-0.1, -0.05) is 13.8 Å². The average Bonchev–Trinajstić information content (AvgIpc) is 2.27. The smallest absolute Gasteiger partial charge is 0.225 e. The summed E-state index contributed by atoms with van der Waals surface area (Å²) in [6, 6.07) is 1.71. The Hall–Kier alpha value is -1.36. The predicted molar refractivity (Wildman–Crippen MR) is 59.9 cm³/mol. The van der Waals surface area contributed by atoms with Crippen LogP contribution < -0.4 is 15.8 Å². The van der Waals surface area contributed by atoms with Crippen molar-refractivity contribution in [2.75, 3.05) is 25.5 Å². The second-order valence-corrected chi connectivity index (χ2v) is 4.14. The monoisotopic (exact) mass is 210 g/mol. The molecule has 84 valence electrons. The van der Waals surface area contributed by atoms with E-state index in [-0.39, 0.29) is 5.41 Å². The van der Waals surface area contributed by atoms with Crippen LogP contribution in [0.2, 0.25) is 0 Å². The highest BCUT2D eigenvalue weighted by atomic mass is 16.5. The maximum Gasteiger partial charge on any atom is 0.225 e. The molecule has 0 aliphatic carbocycles. The number of nitrogens with two attached hydrogens (primary N) is 1. The third-order valence-electron chi connectivity index (χ3n) is 2.12. The number of rotatable bonds is 5. The van der Waals surface area contributed by atoms with E-state index in [1.807, 2.05) is 0 Å². The first-order valence-corrected chi connectivity index (χ1v) is 4.88. The van der Waals surface area contributed by atoms with Gasteiger partial charge in [-0.2, -0.15) is 4.98 Å². The Morgan fingerprint density at radius 3 is 2.87 bits per heavy atom. The first-order valence-electron chi connectivity index (χ1n) is 4.88. The molecule has 1 aromatic heterocycles. The van der Waals surface area contributed by atoms with Gasteiger partial charge in [-0.3, -0.25) is 0 Å². The van der Waals surface area contributed by atoms with Crippen molar-refractivity contribution in [3.05, 3.63) is 12.3 Å². The molecule has 15 heavy (non-hydrogen) atoms. The van der Waals surface area contributed by atoms with Gasteiger partial charge in [0, 0.05) is 18.8 Å². The molecule has 0 saturated carbocycles. The van der Waals surface area contributed by atoms with Crippen LogP contribution in [0.25, 0.3) is 0 Å². The fraction of sp³-hybridized carbons (Fsp3) is 0.600. The number of ether oxygens (including phenoxy) is 1. The quantitative estimate of drug-likeness (QED) is 0.754. The topological polar surface area (TPSA) is 73.1 Å². The van der Waals surface area contributed by atoms with Crippen molar-refractivity contribution in [3.8, 4) is 5.88 Å². The number of methoxy groups -OCH3 is 1. The molecular weight excluding hydrogens is 192 g/mol. The minimum Gasteiger partial charge on any atom is -0.481 e. The van der Waals surface area contributed by atoms with E-state index in [2.05, 4.69) is 29.1 Å². The third kappa shape index (κ3) is 3.71. The summed E-state index contributed by atoms with van der Waals surface area (Å²) in [7, 11) is 1.58. The fourth-order valence-corrected chi connectivity index (χ4v) is 0.932. The van der Waals surface area contributed by atoms with Crippen LogP contribution in [-0.2, 0) is 0 Å². The van der Waals surface area contributed by atoms with E-state index in [4.69, 9.17) is 10.5 Å². The molecule has 0 atom stereocenters. The average molecular weight is 210 g/mol. The Balaban J connectivity index is 2.57. The van der Waals surface area contributed by atoms with E-state index in [1.54, 1.807) is 19.4 Å². The van der Waals surface area contributed by atoms with Crippen molar-refractivity contribution in [1.29, 1.82) is 0 Å². The minimum atomic E-state index is 0.0342. The van der Waals surface area contributed by atoms with Gasteiger partial charge in [-0.05, 0) is 12.0 Å². The molecule has 0 unspecified atom stereocenters. The van der Waals surface area contributed by atoms with E-state index >= 15 is 0 Å². The van der Waals surface area contributed by atoms with Crippen LogP contribution in [0.15, 0.2) is 12.3 Å². The van der Waals surface area contributed by atoms with Crippen LogP contribution in [0.4, 0.5) is 5.95 Å². The van der Waals surface area contributed by atoms with Crippen LogP contribution in [-0.4, -0.2) is 30.2 Å². The van der Waals surface area contributed by atoms with Crippen molar-refractivity contribution in [2.24, 2.45) is 11.1 Å². The Morgan fingerprint density at radius 1 is 1.53 bits per heavy atom. The van der Waals surface area contributed by atoms with Crippen molar-refractivity contribution in [2.45, 2.75) is 13.8 Å². The number of nitrogens with zero attached hydrogens (tertiary/aromatic N) is 2. The van der Waals surface area contributed by atoms with Gasteiger partial charge < -0.3 is 15.8 Å². The van der Waals surface area contributed by atoms with Crippen molar-refractivity contribution >= 4 is 5.95 Å². The first kappa shape index (κ1) is 11.7. The molecule has 0 fully saturated rings. The second-order valence-electron chi connectivity index (χ2n) is 4.14. The molecule has 1 aromatic rings. The van der Waals surface area contributed by atoms with Crippen molar-refractivity contribution < 1.29 is 4.74 Å². The van der Waals surface area contributed by atoms with Gasteiger partial charge in [0.25, 0.3) is 0 Å². The van der Waals surface area contributed by atoms with E-state index in [9.17, 15) is 0 Å². The normalized spacial score (nSPS) is 11.2.